The van der Waals surface area contributed by atoms with E-state index in [1.54, 1.807) is 19.2 Å². The van der Waals surface area contributed by atoms with Crippen molar-refractivity contribution in [2.24, 2.45) is 22.7 Å². The van der Waals surface area contributed by atoms with E-state index in [2.05, 4.69) is 20.9 Å². The van der Waals surface area contributed by atoms with Gasteiger partial charge in [0.05, 0.1) is 17.9 Å². The molecule has 2 aromatic rings. The van der Waals surface area contributed by atoms with Gasteiger partial charge in [0.1, 0.15) is 21.7 Å². The Kier molecular flexibility index (Phi) is 8.01. The number of aromatic nitrogens is 1. The van der Waals surface area contributed by atoms with Gasteiger partial charge < -0.3 is 9.64 Å². The summed E-state index contributed by atoms with van der Waals surface area (Å²) in [5.74, 6) is -0.410. The molecule has 0 N–H and O–H groups in total. The van der Waals surface area contributed by atoms with Crippen LogP contribution in [0.4, 0.5) is 4.39 Å². The molecule has 4 rings (SSSR count). The highest BCUT2D eigenvalue weighted by atomic mass is 79.9. The standard InChI is InChI=1S/C25H29BrFN3O4S2/c1-5-34-25(31)20-21(18-7-6-16(27)12-19(18)26)29-23(24-28-9-11-35-24)30-10-8-17(22(20)30)15(3)14(2)13-36(4,32)33/h6-7,9,11-12,14-15,17,21H,5,8,10,13H2,1-4H3/t14-,15?,17+,21+/m1/s1. The molecule has 0 aliphatic carbocycles. The van der Waals surface area contributed by atoms with Crippen molar-refractivity contribution in [1.82, 2.24) is 9.88 Å². The van der Waals surface area contributed by atoms with Crippen LogP contribution in [-0.4, -0.2) is 55.3 Å². The number of rotatable bonds is 8. The molecule has 2 aliphatic heterocycles. The van der Waals surface area contributed by atoms with E-state index in [1.807, 2.05) is 24.1 Å². The van der Waals surface area contributed by atoms with Crippen molar-refractivity contribution in [3.63, 3.8) is 0 Å². The number of hydrogen-bond acceptors (Lipinski definition) is 8. The number of carbonyl (C=O) groups excluding carboxylic acids is 1. The van der Waals surface area contributed by atoms with Gasteiger partial charge in [-0.1, -0.05) is 35.8 Å². The van der Waals surface area contributed by atoms with Crippen LogP contribution >= 0.6 is 27.3 Å². The van der Waals surface area contributed by atoms with E-state index in [0.717, 1.165) is 17.1 Å². The Balaban J connectivity index is 1.91. The molecule has 1 aromatic heterocycles. The van der Waals surface area contributed by atoms with Crippen LogP contribution in [0.3, 0.4) is 0 Å². The summed E-state index contributed by atoms with van der Waals surface area (Å²) in [5, 5.41) is 2.59. The number of fused-ring (bicyclic) bond motifs is 1. The van der Waals surface area contributed by atoms with Crippen molar-refractivity contribution in [2.45, 2.75) is 33.2 Å². The number of carbonyl (C=O) groups is 1. The van der Waals surface area contributed by atoms with E-state index in [4.69, 9.17) is 9.73 Å². The van der Waals surface area contributed by atoms with E-state index >= 15 is 0 Å². The summed E-state index contributed by atoms with van der Waals surface area (Å²) in [5.41, 5.74) is 1.84. The number of allylic oxidation sites excluding steroid dienone is 1. The molecule has 2 aliphatic rings. The molecule has 3 heterocycles. The molecule has 36 heavy (non-hydrogen) atoms. The Morgan fingerprint density at radius 2 is 2.11 bits per heavy atom. The highest BCUT2D eigenvalue weighted by molar-refractivity contribution is 9.10. The van der Waals surface area contributed by atoms with E-state index in [1.165, 1.54) is 29.7 Å². The van der Waals surface area contributed by atoms with Crippen molar-refractivity contribution < 1.29 is 22.3 Å². The molecule has 1 unspecified atom stereocenters. The third-order valence-corrected chi connectivity index (χ3v) is 9.42. The average molecular weight is 599 g/mol. The van der Waals surface area contributed by atoms with E-state index in [9.17, 15) is 17.6 Å². The van der Waals surface area contributed by atoms with Crippen LogP contribution in [0.5, 0.6) is 0 Å². The number of benzene rings is 1. The number of nitrogens with zero attached hydrogens (tertiary/aromatic N) is 3. The fraction of sp³-hybridized carbons (Fsp3) is 0.480. The van der Waals surface area contributed by atoms with Gasteiger partial charge in [-0.2, -0.15) is 0 Å². The van der Waals surface area contributed by atoms with Crippen molar-refractivity contribution in [3.8, 4) is 0 Å². The molecule has 1 fully saturated rings. The summed E-state index contributed by atoms with van der Waals surface area (Å²) >= 11 is 4.92. The number of ether oxygens (including phenoxy) is 1. The molecule has 194 valence electrons. The quantitative estimate of drug-likeness (QED) is 0.398. The maximum absolute atomic E-state index is 14.0. The Hall–Kier alpha value is -2.11. The second-order valence-corrected chi connectivity index (χ2v) is 13.3. The zero-order valence-corrected chi connectivity index (χ0v) is 23.8. The third-order valence-electron chi connectivity index (χ3n) is 6.84. The van der Waals surface area contributed by atoms with E-state index in [-0.39, 0.29) is 30.1 Å². The Labute approximate surface area is 223 Å². The second kappa shape index (κ2) is 10.7. The van der Waals surface area contributed by atoms with Gasteiger partial charge in [0.25, 0.3) is 0 Å². The fourth-order valence-electron chi connectivity index (χ4n) is 5.10. The van der Waals surface area contributed by atoms with E-state index < -0.39 is 27.7 Å². The summed E-state index contributed by atoms with van der Waals surface area (Å²) in [6.07, 6.45) is 3.69. The lowest BCUT2D eigenvalue weighted by atomic mass is 9.79. The number of hydrogen-bond donors (Lipinski definition) is 0. The fourth-order valence-corrected chi connectivity index (χ4v) is 7.57. The highest BCUT2D eigenvalue weighted by Crippen LogP contribution is 2.47. The summed E-state index contributed by atoms with van der Waals surface area (Å²) in [6, 6.07) is 3.60. The first-order chi connectivity index (χ1) is 17.0. The van der Waals surface area contributed by atoms with Crippen LogP contribution < -0.4 is 0 Å². The summed E-state index contributed by atoms with van der Waals surface area (Å²) in [4.78, 5) is 25.0. The third kappa shape index (κ3) is 5.43. The van der Waals surface area contributed by atoms with Crippen LogP contribution in [0.1, 0.15) is 43.8 Å². The Morgan fingerprint density at radius 3 is 2.72 bits per heavy atom. The number of thiazole rings is 1. The molecular formula is C25H29BrFN3O4S2. The molecular weight excluding hydrogens is 569 g/mol. The molecule has 0 bridgehead atoms. The summed E-state index contributed by atoms with van der Waals surface area (Å²) < 4.78 is 44.1. The zero-order valence-electron chi connectivity index (χ0n) is 20.6. The lowest BCUT2D eigenvalue weighted by Crippen LogP contribution is -2.37. The zero-order chi connectivity index (χ0) is 26.2. The van der Waals surface area contributed by atoms with Gasteiger partial charge in [-0.3, -0.25) is 4.99 Å². The van der Waals surface area contributed by atoms with Crippen molar-refractivity contribution >= 4 is 48.9 Å². The van der Waals surface area contributed by atoms with Crippen LogP contribution in [0.25, 0.3) is 0 Å². The molecule has 0 spiro atoms. The monoisotopic (exact) mass is 597 g/mol. The number of esters is 1. The largest absolute Gasteiger partial charge is 0.463 e. The molecule has 7 nitrogen and oxygen atoms in total. The Bertz CT molecular complexity index is 1310. The van der Waals surface area contributed by atoms with Crippen molar-refractivity contribution in [3.05, 3.63) is 61.9 Å². The first-order valence-electron chi connectivity index (χ1n) is 11.8. The smallest absolute Gasteiger partial charge is 0.338 e. The molecule has 11 heteroatoms. The predicted molar refractivity (Wildman–Crippen MR) is 142 cm³/mol. The normalized spacial score (nSPS) is 21.7. The van der Waals surface area contributed by atoms with Gasteiger partial charge in [0.15, 0.2) is 10.8 Å². The highest BCUT2D eigenvalue weighted by Gasteiger charge is 2.46. The number of aliphatic imine (C=N–C) groups is 1. The van der Waals surface area contributed by atoms with Crippen LogP contribution in [-0.2, 0) is 19.4 Å². The number of sulfone groups is 1. The molecule has 0 radical (unpaired) electrons. The first-order valence-corrected chi connectivity index (χ1v) is 15.5. The minimum atomic E-state index is -3.17. The van der Waals surface area contributed by atoms with Gasteiger partial charge in [-0.25, -0.2) is 22.6 Å². The SMILES string of the molecule is CCOC(=O)C1=C2[C@H](C(C)[C@H](C)CS(C)(=O)=O)CCN2C(c2nccs2)=N[C@H]1c1ccc(F)cc1Br. The Morgan fingerprint density at radius 1 is 1.36 bits per heavy atom. The average Bonchev–Trinajstić information content (AvgIpc) is 3.47. The van der Waals surface area contributed by atoms with Crippen molar-refractivity contribution in [1.29, 1.82) is 0 Å². The first kappa shape index (κ1) is 26.9. The molecule has 1 saturated heterocycles. The minimum absolute atomic E-state index is 0.0305. The van der Waals surface area contributed by atoms with Gasteiger partial charge in [0, 0.05) is 40.5 Å². The lowest BCUT2D eigenvalue weighted by molar-refractivity contribution is -0.139. The summed E-state index contributed by atoms with van der Waals surface area (Å²) in [6.45, 7) is 6.54. The molecule has 4 atom stereocenters. The second-order valence-electron chi connectivity index (χ2n) is 9.35. The van der Waals surface area contributed by atoms with E-state index in [0.29, 0.717) is 28.0 Å². The molecule has 0 amide bonds. The van der Waals surface area contributed by atoms with Gasteiger partial charge in [-0.05, 0) is 42.9 Å². The van der Waals surface area contributed by atoms with Crippen LogP contribution in [0.15, 0.2) is 50.5 Å². The molecule has 0 saturated carbocycles. The van der Waals surface area contributed by atoms with Crippen molar-refractivity contribution in [2.75, 3.05) is 25.2 Å². The minimum Gasteiger partial charge on any atom is -0.463 e. The summed E-state index contributed by atoms with van der Waals surface area (Å²) in [7, 11) is -3.17. The number of halogens is 2. The van der Waals surface area contributed by atoms with Crippen LogP contribution in [0.2, 0.25) is 0 Å². The number of amidine groups is 1. The maximum atomic E-state index is 14.0. The van der Waals surface area contributed by atoms with Gasteiger partial charge >= 0.3 is 5.97 Å². The lowest BCUT2D eigenvalue weighted by Gasteiger charge is -2.35. The van der Waals surface area contributed by atoms with Gasteiger partial charge in [0.2, 0.25) is 0 Å². The topological polar surface area (TPSA) is 88.9 Å². The molecule has 1 aromatic carbocycles. The van der Waals surface area contributed by atoms with Crippen LogP contribution in [0, 0.1) is 23.6 Å². The van der Waals surface area contributed by atoms with Gasteiger partial charge in [-0.15, -0.1) is 11.3 Å². The predicted octanol–water partition coefficient (Wildman–Crippen LogP) is 5.00. The maximum Gasteiger partial charge on any atom is 0.338 e.